The first kappa shape index (κ1) is 77.3. The predicted octanol–water partition coefficient (Wildman–Crippen LogP) is 7.18. The average molecular weight is 1380 g/mol. The lowest BCUT2D eigenvalue weighted by Gasteiger charge is -2.43. The van der Waals surface area contributed by atoms with E-state index in [4.69, 9.17) is 41.0 Å². The Labute approximate surface area is 547 Å². The highest BCUT2D eigenvalue weighted by atomic mass is 79.9. The number of urea groups is 1. The number of halogens is 5. The number of methoxy groups -OCH3 is 2. The molecule has 2 aliphatic rings. The molecular formula is C63H87BrClF3N8O16. The van der Waals surface area contributed by atoms with Crippen molar-refractivity contribution in [1.29, 1.82) is 0 Å². The summed E-state index contributed by atoms with van der Waals surface area (Å²) < 4.78 is 73.7. The van der Waals surface area contributed by atoms with E-state index >= 15 is 13.2 Å². The molecule has 0 spiro atoms. The molecule has 1 unspecified atom stereocenters. The van der Waals surface area contributed by atoms with E-state index in [1.165, 1.54) is 46.1 Å². The fourth-order valence-corrected chi connectivity index (χ4v) is 11.0. The summed E-state index contributed by atoms with van der Waals surface area (Å²) in [5, 5.41) is 37.0. The van der Waals surface area contributed by atoms with Gasteiger partial charge in [0.25, 0.3) is 5.91 Å². The molecule has 510 valence electrons. The summed E-state index contributed by atoms with van der Waals surface area (Å²) in [5.74, 6) is -8.15. The topological polar surface area (TPSA) is 333 Å². The maximum Gasteiger partial charge on any atom is 0.417 e. The maximum absolute atomic E-state index is 15.1. The van der Waals surface area contributed by atoms with E-state index in [9.17, 15) is 53.4 Å². The van der Waals surface area contributed by atoms with Crippen molar-refractivity contribution in [3.8, 4) is 5.75 Å². The van der Waals surface area contributed by atoms with Crippen LogP contribution in [-0.4, -0.2) is 169 Å². The van der Waals surface area contributed by atoms with Crippen molar-refractivity contribution < 1.29 is 90.2 Å². The van der Waals surface area contributed by atoms with Gasteiger partial charge in [-0.1, -0.05) is 85.6 Å². The number of primary amides is 1. The molecule has 4 bridgehead atoms. The number of hydrogen-bond acceptors (Lipinski definition) is 17. The molecule has 9 N–H and O–H groups in total. The average Bonchev–Trinajstić information content (AvgIpc) is 0.871. The van der Waals surface area contributed by atoms with Gasteiger partial charge in [0.2, 0.25) is 17.7 Å². The number of carbonyl (C=O) groups excluding carboxylic acids is 9. The first-order valence-electron chi connectivity index (χ1n) is 29.8. The number of hydrogen-bond donors (Lipinski definition) is 8. The highest BCUT2D eigenvalue weighted by Gasteiger charge is 2.49. The van der Waals surface area contributed by atoms with Crippen molar-refractivity contribution >= 4 is 92.9 Å². The number of rotatable bonds is 25. The van der Waals surface area contributed by atoms with E-state index in [-0.39, 0.29) is 59.6 Å². The lowest BCUT2D eigenvalue weighted by atomic mass is 9.81. The van der Waals surface area contributed by atoms with Crippen LogP contribution in [0.5, 0.6) is 5.75 Å². The molecule has 11 atom stereocenters. The monoisotopic (exact) mass is 1380 g/mol. The van der Waals surface area contributed by atoms with Gasteiger partial charge in [0.15, 0.2) is 5.72 Å². The second-order valence-corrected chi connectivity index (χ2v) is 25.1. The maximum atomic E-state index is 15.1. The second kappa shape index (κ2) is 34.2. The summed E-state index contributed by atoms with van der Waals surface area (Å²) in [6.07, 6.45) is -6.16. The standard InChI is InChI=1S/C63H87BrClF3N8O16/c1-33(2)52(71-41(32-77)18-15-23-61(8,9)92-57(83)35(4)31-64)55(81)73-44(19-16-24-70-59(69)85)54(80)72-40-21-22-42(43(28-40)63(66,67)68)56(82)75(10)38(7)58(84)90-46-29-50(78)76(11)45-26-39(27-47(88-12)51(45)65)25-34(3)17-14-20-49(89-13)62(87)30-48(91-60(86)74-62)37(6)53(79)36(46)5/h14,17,20-22,26-28,32-33,36-38,41,44,46,48-49,52-53,71,79,87H,4,15-16,18-19,23-25,29-31H2,1-3,5-13H3,(H,72,80)(H,73,81)(H,74,86)(H3,69,70,85)/b20-14+,34-17+/t36-,37-,38+,41?,44+,46+,48+,49-,52+,53-,62+/m1/s1. The molecule has 24 nitrogen and oxygen atoms in total. The molecular weight excluding hydrogens is 1300 g/mol. The van der Waals surface area contributed by atoms with Crippen LogP contribution in [0.25, 0.3) is 0 Å². The number of aliphatic hydroxyl groups is 2. The summed E-state index contributed by atoms with van der Waals surface area (Å²) in [6, 6.07) is -0.433. The van der Waals surface area contributed by atoms with Gasteiger partial charge in [-0.15, -0.1) is 0 Å². The number of amides is 7. The van der Waals surface area contributed by atoms with Crippen molar-refractivity contribution in [1.82, 2.24) is 26.2 Å². The molecule has 0 aliphatic carbocycles. The quantitative estimate of drug-likeness (QED) is 0.0122. The minimum atomic E-state index is -5.27. The van der Waals surface area contributed by atoms with Gasteiger partial charge in [0.1, 0.15) is 53.1 Å². The van der Waals surface area contributed by atoms with E-state index in [2.05, 4.69) is 49.1 Å². The Bertz CT molecular complexity index is 3080. The van der Waals surface area contributed by atoms with Crippen LogP contribution >= 0.6 is 27.5 Å². The number of esters is 2. The predicted molar refractivity (Wildman–Crippen MR) is 340 cm³/mol. The van der Waals surface area contributed by atoms with Crippen molar-refractivity contribution in [3.05, 3.63) is 88.0 Å². The van der Waals surface area contributed by atoms with Crippen LogP contribution in [0, 0.1) is 17.8 Å². The zero-order valence-corrected chi connectivity index (χ0v) is 56.1. The number of nitrogens with one attached hydrogen (secondary N) is 5. The Hall–Kier alpha value is -7.11. The van der Waals surface area contributed by atoms with Gasteiger partial charge in [0.05, 0.1) is 48.5 Å². The lowest BCUT2D eigenvalue weighted by molar-refractivity contribution is -0.165. The number of benzene rings is 2. The van der Waals surface area contributed by atoms with Crippen LogP contribution in [0.2, 0.25) is 5.02 Å². The molecule has 1 saturated heterocycles. The Morgan fingerprint density at radius 3 is 2.32 bits per heavy atom. The summed E-state index contributed by atoms with van der Waals surface area (Å²) in [4.78, 5) is 122. The summed E-state index contributed by atoms with van der Waals surface area (Å²) in [6.45, 7) is 16.3. The van der Waals surface area contributed by atoms with E-state index in [1.807, 2.05) is 6.92 Å². The highest BCUT2D eigenvalue weighted by molar-refractivity contribution is 9.09. The summed E-state index contributed by atoms with van der Waals surface area (Å²) in [7, 11) is 5.15. The van der Waals surface area contributed by atoms with Gasteiger partial charge < -0.3 is 70.2 Å². The third-order valence-corrected chi connectivity index (χ3v) is 17.2. The zero-order valence-electron chi connectivity index (χ0n) is 53.8. The molecule has 1 fully saturated rings. The number of alkyl halides is 4. The van der Waals surface area contributed by atoms with Gasteiger partial charge in [-0.3, -0.25) is 29.8 Å². The van der Waals surface area contributed by atoms with Crippen LogP contribution in [0.3, 0.4) is 0 Å². The first-order valence-corrected chi connectivity index (χ1v) is 31.3. The molecule has 2 aromatic rings. The molecule has 2 heterocycles. The van der Waals surface area contributed by atoms with E-state index in [1.54, 1.807) is 52.0 Å². The van der Waals surface area contributed by atoms with Gasteiger partial charge in [-0.25, -0.2) is 19.2 Å². The number of nitrogens with zero attached hydrogens (tertiary/aromatic N) is 2. The number of aldehydes is 1. The smallest absolute Gasteiger partial charge is 0.417 e. The number of carbonyl (C=O) groups is 9. The normalized spacial score (nSPS) is 23.0. The molecule has 0 saturated carbocycles. The molecule has 2 aromatic carbocycles. The molecule has 4 rings (SSSR count). The Balaban J connectivity index is 1.64. The highest BCUT2D eigenvalue weighted by Crippen LogP contribution is 2.39. The number of likely N-dealkylation sites (N-methyl/N-ethyl adjacent to an activating group) is 1. The van der Waals surface area contributed by atoms with E-state index in [0.29, 0.717) is 42.1 Å². The van der Waals surface area contributed by atoms with Crippen molar-refractivity contribution in [2.45, 2.75) is 173 Å². The molecule has 7 amide bonds. The minimum absolute atomic E-state index is 0.0355. The fraction of sp³-hybridized carbons (Fsp3) is 0.571. The Morgan fingerprint density at radius 2 is 1.72 bits per heavy atom. The van der Waals surface area contributed by atoms with Crippen LogP contribution < -0.4 is 42.0 Å². The first-order chi connectivity index (χ1) is 42.9. The largest absolute Gasteiger partial charge is 0.495 e. The number of alkyl carbamates (subject to hydrolysis) is 1. The Morgan fingerprint density at radius 1 is 1.04 bits per heavy atom. The van der Waals surface area contributed by atoms with Gasteiger partial charge in [-0.05, 0) is 108 Å². The van der Waals surface area contributed by atoms with Crippen LogP contribution in [0.4, 0.5) is 34.1 Å². The summed E-state index contributed by atoms with van der Waals surface area (Å²) in [5.41, 5.74) is 1.10. The third-order valence-electron chi connectivity index (χ3n) is 16.2. The number of fused-ring (bicyclic) bond motifs is 4. The van der Waals surface area contributed by atoms with Gasteiger partial charge >= 0.3 is 30.2 Å². The molecule has 0 radical (unpaired) electrons. The third kappa shape index (κ3) is 21.5. The molecule has 0 aromatic heterocycles. The number of nitrogens with two attached hydrogens (primary N) is 1. The van der Waals surface area contributed by atoms with E-state index in [0.717, 1.165) is 31.7 Å². The number of ether oxygens (including phenoxy) is 5. The molecule has 92 heavy (non-hydrogen) atoms. The van der Waals surface area contributed by atoms with Crippen molar-refractivity contribution in [2.24, 2.45) is 23.5 Å². The second-order valence-electron chi connectivity index (χ2n) is 24.1. The van der Waals surface area contributed by atoms with E-state index < -0.39 is 155 Å². The summed E-state index contributed by atoms with van der Waals surface area (Å²) >= 11 is 9.96. The lowest BCUT2D eigenvalue weighted by Crippen LogP contribution is -2.64. The number of anilines is 2. The Kier molecular flexibility index (Phi) is 28.7. The zero-order chi connectivity index (χ0) is 69.3. The minimum Gasteiger partial charge on any atom is -0.495 e. The van der Waals surface area contributed by atoms with Crippen molar-refractivity contribution in [3.63, 3.8) is 0 Å². The fourth-order valence-electron chi connectivity index (χ4n) is 10.4. The van der Waals surface area contributed by atoms with Gasteiger partial charge in [0, 0.05) is 62.6 Å². The number of aliphatic hydroxyl groups excluding tert-OH is 1. The number of allylic oxidation sites excluding steroid dienone is 3. The van der Waals surface area contributed by atoms with Crippen LogP contribution in [-0.2, 0) is 60.3 Å². The van der Waals surface area contributed by atoms with Crippen LogP contribution in [0.15, 0.2) is 66.3 Å². The van der Waals surface area contributed by atoms with Crippen molar-refractivity contribution in [2.75, 3.05) is 50.4 Å². The van der Waals surface area contributed by atoms with Gasteiger partial charge in [-0.2, -0.15) is 13.2 Å². The SMILES string of the molecule is C=C(CBr)C(=O)OC(C)(C)CCCC(C=O)N[C@H](C(=O)N[C@@H](CCCNC(N)=O)C(=O)Nc1ccc(C(=O)N(C)[C@@H](C)C(=O)O[C@H]2CC(=O)N(C)c3cc(cc(OC)c3Cl)C/C(C)=C/C=C/[C@@H](OC)[C@@]3(O)C[C@H](OC(=O)N3)[C@@H](C)[C@H](O)[C@@H]2C)c(C(F)(F)F)c1)C(C)C. The van der Waals surface area contributed by atoms with Crippen LogP contribution in [0.1, 0.15) is 122 Å². The molecule has 2 aliphatic heterocycles. The molecule has 29 heteroatoms.